The highest BCUT2D eigenvalue weighted by atomic mass is 16.4. The summed E-state index contributed by atoms with van der Waals surface area (Å²) >= 11 is 0. The van der Waals surface area contributed by atoms with Crippen LogP contribution in [0.3, 0.4) is 0 Å². The van der Waals surface area contributed by atoms with E-state index in [-0.39, 0.29) is 19.6 Å². The Morgan fingerprint density at radius 2 is 1.81 bits per heavy atom. The zero-order chi connectivity index (χ0) is 15.7. The van der Waals surface area contributed by atoms with Crippen LogP contribution in [-0.4, -0.2) is 47.3 Å². The van der Waals surface area contributed by atoms with Crippen molar-refractivity contribution in [3.8, 4) is 0 Å². The van der Waals surface area contributed by atoms with Gasteiger partial charge in [0.15, 0.2) is 0 Å². The van der Waals surface area contributed by atoms with Crippen LogP contribution in [0.2, 0.25) is 0 Å². The Balaban J connectivity index is 2.35. The van der Waals surface area contributed by atoms with Gasteiger partial charge in [-0.05, 0) is 12.1 Å². The van der Waals surface area contributed by atoms with Gasteiger partial charge in [-0.3, -0.25) is 4.79 Å². The van der Waals surface area contributed by atoms with E-state index in [1.165, 1.54) is 0 Å². The lowest BCUT2D eigenvalue weighted by Gasteiger charge is -2.13. The zero-order valence-corrected chi connectivity index (χ0v) is 11.2. The fraction of sp³-hybridized carbons (Fsp3) is 0.308. The highest BCUT2D eigenvalue weighted by Gasteiger charge is 2.19. The van der Waals surface area contributed by atoms with Crippen LogP contribution >= 0.6 is 0 Å². The van der Waals surface area contributed by atoms with Crippen molar-refractivity contribution in [3.05, 3.63) is 30.3 Å². The highest BCUT2D eigenvalue weighted by molar-refractivity contribution is 5.93. The number of rotatable bonds is 7. The van der Waals surface area contributed by atoms with Crippen molar-refractivity contribution in [3.63, 3.8) is 0 Å². The Morgan fingerprint density at radius 1 is 1.14 bits per heavy atom. The van der Waals surface area contributed by atoms with Crippen LogP contribution in [0.1, 0.15) is 6.42 Å². The molecule has 114 valence electrons. The molecule has 0 aliphatic carbocycles. The number of aliphatic hydroxyl groups excluding tert-OH is 1. The van der Waals surface area contributed by atoms with Gasteiger partial charge >= 0.3 is 12.0 Å². The predicted octanol–water partition coefficient (Wildman–Crippen LogP) is -0.240. The first-order valence-electron chi connectivity index (χ1n) is 6.26. The van der Waals surface area contributed by atoms with Crippen LogP contribution in [0.4, 0.5) is 10.5 Å². The fourth-order valence-electron chi connectivity index (χ4n) is 1.49. The van der Waals surface area contributed by atoms with E-state index in [0.29, 0.717) is 5.69 Å². The average Bonchev–Trinajstić information content (AvgIpc) is 2.45. The molecule has 8 heteroatoms. The van der Waals surface area contributed by atoms with Crippen molar-refractivity contribution >= 4 is 23.6 Å². The predicted molar refractivity (Wildman–Crippen MR) is 74.7 cm³/mol. The fourth-order valence-corrected chi connectivity index (χ4v) is 1.49. The lowest BCUT2D eigenvalue weighted by Crippen LogP contribution is -2.46. The third-order valence-electron chi connectivity index (χ3n) is 2.49. The van der Waals surface area contributed by atoms with Crippen LogP contribution in [-0.2, 0) is 9.59 Å². The standard InChI is InChI=1S/C13H17N3O5/c17-7-6-10(12(19)20)16-11(18)8-14-13(21)15-9-4-2-1-3-5-9/h1-5,10,17H,6-8H2,(H,16,18)(H,19,20)(H2,14,15,21)/t10-/m0/s1. The smallest absolute Gasteiger partial charge is 0.326 e. The Morgan fingerprint density at radius 3 is 2.38 bits per heavy atom. The number of hydrogen-bond donors (Lipinski definition) is 5. The van der Waals surface area contributed by atoms with Crippen molar-refractivity contribution < 1.29 is 24.6 Å². The number of aliphatic carboxylic acids is 1. The highest BCUT2D eigenvalue weighted by Crippen LogP contribution is 2.03. The van der Waals surface area contributed by atoms with Crippen LogP contribution < -0.4 is 16.0 Å². The molecule has 0 spiro atoms. The number of amides is 3. The summed E-state index contributed by atoms with van der Waals surface area (Å²) in [6, 6.07) is 6.89. The SMILES string of the molecule is O=C(CNC(=O)Nc1ccccc1)N[C@@H](CCO)C(=O)O. The summed E-state index contributed by atoms with van der Waals surface area (Å²) in [6.07, 6.45) is -0.0999. The second-order valence-electron chi connectivity index (χ2n) is 4.14. The number of para-hydroxylation sites is 1. The van der Waals surface area contributed by atoms with Crippen molar-refractivity contribution in [1.82, 2.24) is 10.6 Å². The lowest BCUT2D eigenvalue weighted by atomic mass is 10.2. The summed E-state index contributed by atoms with van der Waals surface area (Å²) in [5.74, 6) is -1.90. The Labute approximate surface area is 121 Å². The van der Waals surface area contributed by atoms with Gasteiger partial charge in [0.05, 0.1) is 6.54 Å². The largest absolute Gasteiger partial charge is 0.480 e. The van der Waals surface area contributed by atoms with Crippen molar-refractivity contribution in [2.45, 2.75) is 12.5 Å². The zero-order valence-electron chi connectivity index (χ0n) is 11.2. The Kier molecular flexibility index (Phi) is 6.69. The molecule has 0 fully saturated rings. The molecular weight excluding hydrogens is 278 g/mol. The van der Waals surface area contributed by atoms with Crippen molar-refractivity contribution in [1.29, 1.82) is 0 Å². The number of carboxylic acid groups (broad SMARTS) is 1. The van der Waals surface area contributed by atoms with E-state index >= 15 is 0 Å². The number of carboxylic acids is 1. The molecule has 1 rings (SSSR count). The molecule has 0 radical (unpaired) electrons. The summed E-state index contributed by atoms with van der Waals surface area (Å²) in [5, 5.41) is 24.5. The van der Waals surface area contributed by atoms with E-state index < -0.39 is 23.9 Å². The number of aliphatic hydroxyl groups is 1. The van der Waals surface area contributed by atoms with E-state index in [1.54, 1.807) is 30.3 Å². The molecule has 21 heavy (non-hydrogen) atoms. The van der Waals surface area contributed by atoms with E-state index in [4.69, 9.17) is 10.2 Å². The molecule has 0 saturated heterocycles. The number of carbonyl (C=O) groups is 3. The summed E-state index contributed by atoms with van der Waals surface area (Å²) in [5.41, 5.74) is 0.569. The van der Waals surface area contributed by atoms with Crippen LogP contribution in [0.5, 0.6) is 0 Å². The Hall–Kier alpha value is -2.61. The third-order valence-corrected chi connectivity index (χ3v) is 2.49. The third kappa shape index (κ3) is 6.39. The van der Waals surface area contributed by atoms with Gasteiger partial charge in [-0.25, -0.2) is 9.59 Å². The minimum atomic E-state index is -1.24. The maximum atomic E-state index is 11.5. The molecule has 0 unspecified atom stereocenters. The molecule has 0 aliphatic rings. The quantitative estimate of drug-likeness (QED) is 0.474. The van der Waals surface area contributed by atoms with Crippen LogP contribution in [0.25, 0.3) is 0 Å². The molecule has 0 aliphatic heterocycles. The van der Waals surface area contributed by atoms with Gasteiger partial charge in [-0.15, -0.1) is 0 Å². The average molecular weight is 295 g/mol. The monoisotopic (exact) mass is 295 g/mol. The first-order chi connectivity index (χ1) is 10.0. The number of hydrogen-bond acceptors (Lipinski definition) is 4. The van der Waals surface area contributed by atoms with Gasteiger partial charge in [0.2, 0.25) is 5.91 Å². The second kappa shape index (κ2) is 8.54. The molecule has 0 aromatic heterocycles. The van der Waals surface area contributed by atoms with E-state index in [0.717, 1.165) is 0 Å². The van der Waals surface area contributed by atoms with Gasteiger partial charge in [0.25, 0.3) is 0 Å². The molecule has 0 bridgehead atoms. The van der Waals surface area contributed by atoms with Gasteiger partial charge in [-0.2, -0.15) is 0 Å². The second-order valence-corrected chi connectivity index (χ2v) is 4.14. The first-order valence-corrected chi connectivity index (χ1v) is 6.26. The summed E-state index contributed by atoms with van der Waals surface area (Å²) in [6.45, 7) is -0.729. The topological polar surface area (TPSA) is 128 Å². The molecule has 1 aromatic carbocycles. The number of urea groups is 1. The number of carbonyl (C=O) groups excluding carboxylic acids is 2. The lowest BCUT2D eigenvalue weighted by molar-refractivity contribution is -0.142. The van der Waals surface area contributed by atoms with E-state index in [2.05, 4.69) is 16.0 Å². The van der Waals surface area contributed by atoms with Gasteiger partial charge in [0.1, 0.15) is 6.04 Å². The normalized spacial score (nSPS) is 11.3. The maximum absolute atomic E-state index is 11.5. The van der Waals surface area contributed by atoms with E-state index in [9.17, 15) is 14.4 Å². The number of benzene rings is 1. The molecule has 8 nitrogen and oxygen atoms in total. The minimum Gasteiger partial charge on any atom is -0.480 e. The van der Waals surface area contributed by atoms with Crippen molar-refractivity contribution in [2.75, 3.05) is 18.5 Å². The van der Waals surface area contributed by atoms with Gasteiger partial charge in [-0.1, -0.05) is 18.2 Å². The summed E-state index contributed by atoms with van der Waals surface area (Å²) in [4.78, 5) is 33.8. The maximum Gasteiger partial charge on any atom is 0.326 e. The molecule has 5 N–H and O–H groups in total. The first kappa shape index (κ1) is 16.4. The molecule has 0 saturated carbocycles. The summed E-state index contributed by atoms with van der Waals surface area (Å²) in [7, 11) is 0. The molecule has 3 amide bonds. The summed E-state index contributed by atoms with van der Waals surface area (Å²) < 4.78 is 0. The Bertz CT molecular complexity index is 492. The molecule has 1 atom stereocenters. The molecular formula is C13H17N3O5. The van der Waals surface area contributed by atoms with Crippen molar-refractivity contribution in [2.24, 2.45) is 0 Å². The van der Waals surface area contributed by atoms with Gasteiger partial charge in [0, 0.05) is 18.7 Å². The minimum absolute atomic E-state index is 0.0999. The molecule has 1 aromatic rings. The van der Waals surface area contributed by atoms with E-state index in [1.807, 2.05) is 0 Å². The van der Waals surface area contributed by atoms with Crippen LogP contribution in [0, 0.1) is 0 Å². The number of nitrogens with one attached hydrogen (secondary N) is 3. The molecule has 0 heterocycles. The van der Waals surface area contributed by atoms with Crippen LogP contribution in [0.15, 0.2) is 30.3 Å². The number of anilines is 1. The van der Waals surface area contributed by atoms with Gasteiger partial charge < -0.3 is 26.2 Å².